The smallest absolute Gasteiger partial charge is 0.433 e. The molecule has 0 heterocycles. The molecule has 0 aromatic heterocycles. The molecular formula is C7H13IO3. The molecule has 0 bridgehead atoms. The van der Waals surface area contributed by atoms with Crippen LogP contribution >= 0.6 is 22.6 Å². The van der Waals surface area contributed by atoms with E-state index in [-0.39, 0.29) is 0 Å². The highest BCUT2D eigenvalue weighted by atomic mass is 127. The summed E-state index contributed by atoms with van der Waals surface area (Å²) in [5, 5.41) is 0. The lowest BCUT2D eigenvalue weighted by atomic mass is 10.2. The standard InChI is InChI=1S/C7H13IO3/c1-7(2,3)11-6(9)10-5-4-8/h4-5H2,1-3H3. The third kappa shape index (κ3) is 7.90. The lowest BCUT2D eigenvalue weighted by Gasteiger charge is -2.18. The van der Waals surface area contributed by atoms with E-state index >= 15 is 0 Å². The lowest BCUT2D eigenvalue weighted by molar-refractivity contribution is -0.00421. The number of rotatable bonds is 2. The van der Waals surface area contributed by atoms with Crippen LogP contribution in [0.1, 0.15) is 20.8 Å². The van der Waals surface area contributed by atoms with Crippen LogP contribution in [0.2, 0.25) is 0 Å². The van der Waals surface area contributed by atoms with E-state index in [0.717, 1.165) is 4.43 Å². The summed E-state index contributed by atoms with van der Waals surface area (Å²) in [4.78, 5) is 10.8. The molecule has 11 heavy (non-hydrogen) atoms. The zero-order valence-corrected chi connectivity index (χ0v) is 9.17. The van der Waals surface area contributed by atoms with Crippen molar-refractivity contribution in [3.63, 3.8) is 0 Å². The number of halogens is 1. The molecule has 4 heteroatoms. The monoisotopic (exact) mass is 272 g/mol. The molecule has 0 radical (unpaired) electrons. The van der Waals surface area contributed by atoms with Gasteiger partial charge in [0.05, 0.1) is 0 Å². The Bertz CT molecular complexity index is 128. The predicted molar refractivity (Wildman–Crippen MR) is 51.1 cm³/mol. The van der Waals surface area contributed by atoms with Gasteiger partial charge in [-0.1, -0.05) is 22.6 Å². The van der Waals surface area contributed by atoms with E-state index in [1.165, 1.54) is 0 Å². The van der Waals surface area contributed by atoms with Crippen molar-refractivity contribution in [1.82, 2.24) is 0 Å². The third-order valence-electron chi connectivity index (χ3n) is 0.687. The lowest BCUT2D eigenvalue weighted by Crippen LogP contribution is -2.24. The summed E-state index contributed by atoms with van der Waals surface area (Å²) in [6, 6.07) is 0. The summed E-state index contributed by atoms with van der Waals surface area (Å²) >= 11 is 2.13. The van der Waals surface area contributed by atoms with E-state index in [1.54, 1.807) is 20.8 Å². The van der Waals surface area contributed by atoms with Gasteiger partial charge in [-0.15, -0.1) is 0 Å². The van der Waals surface area contributed by atoms with E-state index in [0.29, 0.717) is 6.61 Å². The Labute approximate surface area is 80.6 Å². The zero-order valence-electron chi connectivity index (χ0n) is 7.02. The van der Waals surface area contributed by atoms with Crippen LogP contribution in [0.5, 0.6) is 0 Å². The number of hydrogen-bond acceptors (Lipinski definition) is 3. The van der Waals surface area contributed by atoms with Gasteiger partial charge in [0.25, 0.3) is 0 Å². The number of alkyl halides is 1. The summed E-state index contributed by atoms with van der Waals surface area (Å²) < 4.78 is 10.4. The molecule has 0 aromatic carbocycles. The second-order valence-corrected chi connectivity index (χ2v) is 4.08. The van der Waals surface area contributed by atoms with Gasteiger partial charge in [-0.2, -0.15) is 0 Å². The van der Waals surface area contributed by atoms with Crippen molar-refractivity contribution < 1.29 is 14.3 Å². The third-order valence-corrected chi connectivity index (χ3v) is 1.13. The summed E-state index contributed by atoms with van der Waals surface area (Å²) in [5.74, 6) is 0. The van der Waals surface area contributed by atoms with Crippen molar-refractivity contribution in [3.8, 4) is 0 Å². The summed E-state index contributed by atoms with van der Waals surface area (Å²) in [6.07, 6.45) is -0.589. The second-order valence-electron chi connectivity index (χ2n) is 3.00. The van der Waals surface area contributed by atoms with Gasteiger partial charge in [-0.3, -0.25) is 0 Å². The molecule has 0 unspecified atom stereocenters. The topological polar surface area (TPSA) is 35.5 Å². The van der Waals surface area contributed by atoms with Gasteiger partial charge >= 0.3 is 6.16 Å². The fraction of sp³-hybridized carbons (Fsp3) is 0.857. The maximum absolute atomic E-state index is 10.8. The Balaban J connectivity index is 3.53. The molecule has 0 amide bonds. The van der Waals surface area contributed by atoms with Gasteiger partial charge in [-0.05, 0) is 20.8 Å². The maximum Gasteiger partial charge on any atom is 0.508 e. The first-order valence-corrected chi connectivity index (χ1v) is 4.90. The second kappa shape index (κ2) is 4.79. The molecule has 0 spiro atoms. The molecule has 0 aliphatic heterocycles. The predicted octanol–water partition coefficient (Wildman–Crippen LogP) is 2.37. The van der Waals surface area contributed by atoms with E-state index in [2.05, 4.69) is 22.6 Å². The molecule has 0 aliphatic rings. The molecule has 66 valence electrons. The van der Waals surface area contributed by atoms with Gasteiger partial charge in [-0.25, -0.2) is 4.79 Å². The van der Waals surface area contributed by atoms with Crippen molar-refractivity contribution in [3.05, 3.63) is 0 Å². The van der Waals surface area contributed by atoms with Crippen molar-refractivity contribution in [2.24, 2.45) is 0 Å². The number of carbonyl (C=O) groups excluding carboxylic acids is 1. The Morgan fingerprint density at radius 2 is 2.00 bits per heavy atom. The van der Waals surface area contributed by atoms with E-state index < -0.39 is 11.8 Å². The van der Waals surface area contributed by atoms with Crippen LogP contribution in [0.3, 0.4) is 0 Å². The summed E-state index contributed by atoms with van der Waals surface area (Å²) in [5.41, 5.74) is -0.456. The Morgan fingerprint density at radius 1 is 1.45 bits per heavy atom. The molecule has 0 saturated carbocycles. The minimum Gasteiger partial charge on any atom is -0.433 e. The van der Waals surface area contributed by atoms with Crippen molar-refractivity contribution in [2.75, 3.05) is 11.0 Å². The van der Waals surface area contributed by atoms with Gasteiger partial charge < -0.3 is 9.47 Å². The van der Waals surface area contributed by atoms with Gasteiger partial charge in [0.15, 0.2) is 0 Å². The van der Waals surface area contributed by atoms with Crippen molar-refractivity contribution in [2.45, 2.75) is 26.4 Å². The highest BCUT2D eigenvalue weighted by Crippen LogP contribution is 2.07. The molecule has 3 nitrogen and oxygen atoms in total. The number of ether oxygens (including phenoxy) is 2. The highest BCUT2D eigenvalue weighted by molar-refractivity contribution is 14.1. The quantitative estimate of drug-likeness (QED) is 0.440. The van der Waals surface area contributed by atoms with Gasteiger partial charge in [0, 0.05) is 4.43 Å². The van der Waals surface area contributed by atoms with E-state index in [4.69, 9.17) is 9.47 Å². The van der Waals surface area contributed by atoms with Gasteiger partial charge in [0.2, 0.25) is 0 Å². The fourth-order valence-corrected chi connectivity index (χ4v) is 0.622. The first kappa shape index (κ1) is 11.0. The first-order chi connectivity index (χ1) is 4.95. The summed E-state index contributed by atoms with van der Waals surface area (Å²) in [7, 11) is 0. The maximum atomic E-state index is 10.8. The highest BCUT2D eigenvalue weighted by Gasteiger charge is 2.16. The Hall–Kier alpha value is 0. The normalized spacial score (nSPS) is 10.9. The molecule has 0 saturated heterocycles. The van der Waals surface area contributed by atoms with Crippen LogP contribution in [0.15, 0.2) is 0 Å². The van der Waals surface area contributed by atoms with Crippen LogP contribution in [0.25, 0.3) is 0 Å². The van der Waals surface area contributed by atoms with Crippen LogP contribution in [0, 0.1) is 0 Å². The Morgan fingerprint density at radius 3 is 2.36 bits per heavy atom. The molecular weight excluding hydrogens is 259 g/mol. The number of carbonyl (C=O) groups is 1. The molecule has 0 atom stereocenters. The van der Waals surface area contributed by atoms with E-state index in [1.807, 2.05) is 0 Å². The minimum atomic E-state index is -0.589. The van der Waals surface area contributed by atoms with Crippen LogP contribution < -0.4 is 0 Å². The fourth-order valence-electron chi connectivity index (χ4n) is 0.401. The molecule has 0 rings (SSSR count). The van der Waals surface area contributed by atoms with Crippen LogP contribution in [-0.2, 0) is 9.47 Å². The van der Waals surface area contributed by atoms with Crippen LogP contribution in [-0.4, -0.2) is 22.8 Å². The summed E-state index contributed by atoms with van der Waals surface area (Å²) in [6.45, 7) is 5.82. The first-order valence-electron chi connectivity index (χ1n) is 3.37. The largest absolute Gasteiger partial charge is 0.508 e. The average Bonchev–Trinajstić information content (AvgIpc) is 1.79. The van der Waals surface area contributed by atoms with Gasteiger partial charge in [0.1, 0.15) is 12.2 Å². The van der Waals surface area contributed by atoms with Crippen molar-refractivity contribution >= 4 is 28.7 Å². The van der Waals surface area contributed by atoms with Crippen LogP contribution in [0.4, 0.5) is 4.79 Å². The zero-order chi connectivity index (χ0) is 8.91. The Kier molecular flexibility index (Phi) is 4.79. The average molecular weight is 272 g/mol. The van der Waals surface area contributed by atoms with E-state index in [9.17, 15) is 4.79 Å². The molecule has 0 aromatic rings. The minimum absolute atomic E-state index is 0.412. The van der Waals surface area contributed by atoms with Crippen molar-refractivity contribution in [1.29, 1.82) is 0 Å². The SMILES string of the molecule is CC(C)(C)OC(=O)OCCI. The molecule has 0 aliphatic carbocycles. The molecule has 0 fully saturated rings. The molecule has 0 N–H and O–H groups in total. The number of hydrogen-bond donors (Lipinski definition) is 0.